The van der Waals surface area contributed by atoms with E-state index < -0.39 is 0 Å². The standard InChI is InChI=1S/C23H22ClN5O2/c1-16-26-22(31-28-16)8-5-13-25-21(30)14-18-15-29(20-6-3-2-4-7-20)27-23(18)17-9-11-19(24)12-10-17/h2-4,6-7,9-12,15H,5,8,13-14H2,1H3,(H,25,30). The van der Waals surface area contributed by atoms with Gasteiger partial charge in [0, 0.05) is 35.3 Å². The molecule has 0 saturated heterocycles. The SMILES string of the molecule is Cc1noc(CCCNC(=O)Cc2cn(-c3ccccc3)nc2-c2ccc(Cl)cc2)n1. The molecule has 31 heavy (non-hydrogen) atoms. The summed E-state index contributed by atoms with van der Waals surface area (Å²) < 4.78 is 6.89. The monoisotopic (exact) mass is 435 g/mol. The van der Waals surface area contributed by atoms with E-state index in [0.29, 0.717) is 29.7 Å². The van der Waals surface area contributed by atoms with Gasteiger partial charge in [0.1, 0.15) is 0 Å². The minimum atomic E-state index is -0.0652. The first-order chi connectivity index (χ1) is 15.1. The predicted molar refractivity (Wildman–Crippen MR) is 118 cm³/mol. The smallest absolute Gasteiger partial charge is 0.226 e. The number of amides is 1. The Morgan fingerprint density at radius 2 is 1.90 bits per heavy atom. The van der Waals surface area contributed by atoms with Crippen molar-refractivity contribution in [2.75, 3.05) is 6.54 Å². The first-order valence-electron chi connectivity index (χ1n) is 10.0. The van der Waals surface area contributed by atoms with E-state index in [4.69, 9.17) is 21.2 Å². The van der Waals surface area contributed by atoms with E-state index >= 15 is 0 Å². The summed E-state index contributed by atoms with van der Waals surface area (Å²) in [6.45, 7) is 2.31. The van der Waals surface area contributed by atoms with Gasteiger partial charge in [-0.3, -0.25) is 4.79 Å². The van der Waals surface area contributed by atoms with Gasteiger partial charge in [0.2, 0.25) is 11.8 Å². The zero-order valence-corrected chi connectivity index (χ0v) is 17.8. The summed E-state index contributed by atoms with van der Waals surface area (Å²) in [5.74, 6) is 1.13. The number of aryl methyl sites for hydroxylation is 2. The zero-order valence-electron chi connectivity index (χ0n) is 17.1. The number of carbonyl (C=O) groups is 1. The van der Waals surface area contributed by atoms with Crippen LogP contribution in [0.2, 0.25) is 5.02 Å². The molecule has 4 aromatic rings. The van der Waals surface area contributed by atoms with Crippen LogP contribution in [-0.2, 0) is 17.6 Å². The number of nitrogens with zero attached hydrogens (tertiary/aromatic N) is 4. The first-order valence-corrected chi connectivity index (χ1v) is 10.4. The lowest BCUT2D eigenvalue weighted by Gasteiger charge is -2.05. The molecule has 158 valence electrons. The minimum Gasteiger partial charge on any atom is -0.356 e. The Morgan fingerprint density at radius 1 is 1.13 bits per heavy atom. The van der Waals surface area contributed by atoms with Gasteiger partial charge in [-0.2, -0.15) is 10.1 Å². The van der Waals surface area contributed by atoms with Gasteiger partial charge in [0.05, 0.1) is 17.8 Å². The second-order valence-electron chi connectivity index (χ2n) is 7.16. The van der Waals surface area contributed by atoms with Crippen molar-refractivity contribution >= 4 is 17.5 Å². The van der Waals surface area contributed by atoms with E-state index in [2.05, 4.69) is 15.5 Å². The van der Waals surface area contributed by atoms with Gasteiger partial charge in [-0.05, 0) is 37.6 Å². The lowest BCUT2D eigenvalue weighted by molar-refractivity contribution is -0.120. The highest BCUT2D eigenvalue weighted by atomic mass is 35.5. The molecule has 0 atom stereocenters. The molecular formula is C23H22ClN5O2. The van der Waals surface area contributed by atoms with Gasteiger partial charge in [0.25, 0.3) is 0 Å². The van der Waals surface area contributed by atoms with E-state index in [1.54, 1.807) is 11.6 Å². The Kier molecular flexibility index (Phi) is 6.43. The predicted octanol–water partition coefficient (Wildman–Crippen LogP) is 4.18. The van der Waals surface area contributed by atoms with E-state index in [1.165, 1.54) is 0 Å². The van der Waals surface area contributed by atoms with Crippen LogP contribution in [0.3, 0.4) is 0 Å². The van der Waals surface area contributed by atoms with E-state index in [0.717, 1.165) is 28.9 Å². The van der Waals surface area contributed by atoms with Gasteiger partial charge >= 0.3 is 0 Å². The third-order valence-electron chi connectivity index (χ3n) is 4.74. The fraction of sp³-hybridized carbons (Fsp3) is 0.217. The molecule has 0 unspecified atom stereocenters. The van der Waals surface area contributed by atoms with Crippen molar-refractivity contribution in [1.29, 1.82) is 0 Å². The van der Waals surface area contributed by atoms with Crippen molar-refractivity contribution in [2.45, 2.75) is 26.2 Å². The van der Waals surface area contributed by atoms with Crippen molar-refractivity contribution in [1.82, 2.24) is 25.2 Å². The van der Waals surface area contributed by atoms with Gasteiger partial charge < -0.3 is 9.84 Å². The number of nitrogens with one attached hydrogen (secondary N) is 1. The fourth-order valence-electron chi connectivity index (χ4n) is 3.25. The quantitative estimate of drug-likeness (QED) is 0.420. The summed E-state index contributed by atoms with van der Waals surface area (Å²) >= 11 is 6.04. The van der Waals surface area contributed by atoms with Crippen LogP contribution in [0.5, 0.6) is 0 Å². The summed E-state index contributed by atoms with van der Waals surface area (Å²) in [6.07, 6.45) is 3.48. The number of benzene rings is 2. The molecule has 0 bridgehead atoms. The van der Waals surface area contributed by atoms with Crippen molar-refractivity contribution < 1.29 is 9.32 Å². The topological polar surface area (TPSA) is 85.8 Å². The van der Waals surface area contributed by atoms with Crippen LogP contribution in [0.15, 0.2) is 65.3 Å². The normalized spacial score (nSPS) is 10.9. The molecule has 0 aliphatic rings. The molecule has 8 heteroatoms. The number of carbonyl (C=O) groups excluding carboxylic acids is 1. The van der Waals surface area contributed by atoms with Crippen LogP contribution in [0.4, 0.5) is 0 Å². The maximum atomic E-state index is 12.6. The number of hydrogen-bond donors (Lipinski definition) is 1. The minimum absolute atomic E-state index is 0.0652. The second kappa shape index (κ2) is 9.57. The summed E-state index contributed by atoms with van der Waals surface area (Å²) in [5.41, 5.74) is 3.45. The molecule has 0 spiro atoms. The van der Waals surface area contributed by atoms with Crippen molar-refractivity contribution in [3.63, 3.8) is 0 Å². The maximum absolute atomic E-state index is 12.6. The van der Waals surface area contributed by atoms with Crippen LogP contribution in [0, 0.1) is 6.92 Å². The van der Waals surface area contributed by atoms with Crippen LogP contribution in [0.1, 0.15) is 23.7 Å². The Labute approximate surface area is 185 Å². The Hall–Kier alpha value is -3.45. The third kappa shape index (κ3) is 5.38. The lowest BCUT2D eigenvalue weighted by atomic mass is 10.1. The molecule has 2 heterocycles. The lowest BCUT2D eigenvalue weighted by Crippen LogP contribution is -2.26. The van der Waals surface area contributed by atoms with Crippen LogP contribution >= 0.6 is 11.6 Å². The fourth-order valence-corrected chi connectivity index (χ4v) is 3.37. The van der Waals surface area contributed by atoms with Gasteiger partial charge in [-0.15, -0.1) is 0 Å². The number of aromatic nitrogens is 4. The third-order valence-corrected chi connectivity index (χ3v) is 4.99. The summed E-state index contributed by atoms with van der Waals surface area (Å²) in [7, 11) is 0. The molecule has 0 fully saturated rings. The van der Waals surface area contributed by atoms with Gasteiger partial charge in [-0.25, -0.2) is 4.68 Å². The number of para-hydroxylation sites is 1. The molecule has 1 N–H and O–H groups in total. The molecular weight excluding hydrogens is 414 g/mol. The first kappa shape index (κ1) is 20.8. The average molecular weight is 436 g/mol. The van der Waals surface area contributed by atoms with Crippen LogP contribution < -0.4 is 5.32 Å². The second-order valence-corrected chi connectivity index (χ2v) is 7.59. The van der Waals surface area contributed by atoms with E-state index in [1.807, 2.05) is 60.8 Å². The highest BCUT2D eigenvalue weighted by Gasteiger charge is 2.15. The highest BCUT2D eigenvalue weighted by Crippen LogP contribution is 2.25. The Morgan fingerprint density at radius 3 is 2.61 bits per heavy atom. The Balaban J connectivity index is 1.46. The molecule has 2 aromatic carbocycles. The summed E-state index contributed by atoms with van der Waals surface area (Å²) in [6, 6.07) is 17.3. The van der Waals surface area contributed by atoms with E-state index in [-0.39, 0.29) is 12.3 Å². The van der Waals surface area contributed by atoms with Crippen molar-refractivity contribution in [3.05, 3.63) is 83.1 Å². The van der Waals surface area contributed by atoms with Crippen LogP contribution in [-0.4, -0.2) is 32.4 Å². The van der Waals surface area contributed by atoms with Crippen molar-refractivity contribution in [2.24, 2.45) is 0 Å². The molecule has 7 nitrogen and oxygen atoms in total. The number of hydrogen-bond acceptors (Lipinski definition) is 5. The Bertz CT molecular complexity index is 1150. The molecule has 0 saturated carbocycles. The van der Waals surface area contributed by atoms with Gasteiger partial charge in [0.15, 0.2) is 5.82 Å². The highest BCUT2D eigenvalue weighted by molar-refractivity contribution is 6.30. The largest absolute Gasteiger partial charge is 0.356 e. The molecule has 4 rings (SSSR count). The molecule has 2 aromatic heterocycles. The summed E-state index contributed by atoms with van der Waals surface area (Å²) in [4.78, 5) is 16.8. The molecule has 0 radical (unpaired) electrons. The van der Waals surface area contributed by atoms with Crippen LogP contribution in [0.25, 0.3) is 16.9 Å². The molecule has 0 aliphatic heterocycles. The number of halogens is 1. The van der Waals surface area contributed by atoms with E-state index in [9.17, 15) is 4.79 Å². The molecule has 1 amide bonds. The maximum Gasteiger partial charge on any atom is 0.226 e. The van der Waals surface area contributed by atoms with Crippen molar-refractivity contribution in [3.8, 4) is 16.9 Å². The number of rotatable bonds is 8. The van der Waals surface area contributed by atoms with Gasteiger partial charge in [-0.1, -0.05) is 47.1 Å². The zero-order chi connectivity index (χ0) is 21.6. The summed E-state index contributed by atoms with van der Waals surface area (Å²) in [5, 5.41) is 12.1. The molecule has 0 aliphatic carbocycles. The average Bonchev–Trinajstić information content (AvgIpc) is 3.39.